The molecule has 2 saturated heterocycles. The molecule has 3 heterocycles. The summed E-state index contributed by atoms with van der Waals surface area (Å²) >= 11 is 11.9. The lowest BCUT2D eigenvalue weighted by Crippen LogP contribution is -2.61. The van der Waals surface area contributed by atoms with Crippen LogP contribution < -0.4 is 10.2 Å². The van der Waals surface area contributed by atoms with Crippen LogP contribution in [0, 0.1) is 11.7 Å². The third-order valence-corrected chi connectivity index (χ3v) is 7.39. The normalized spacial score (nSPS) is 23.5. The lowest BCUT2D eigenvalue weighted by atomic mass is 9.72. The Bertz CT molecular complexity index is 1050. The van der Waals surface area contributed by atoms with Gasteiger partial charge in [-0.1, -0.05) is 29.3 Å². The van der Waals surface area contributed by atoms with E-state index >= 15 is 0 Å². The maximum absolute atomic E-state index is 14.0. The number of piperidine rings is 1. The second kappa shape index (κ2) is 9.44. The summed E-state index contributed by atoms with van der Waals surface area (Å²) < 4.78 is 13.8. The molecule has 176 valence electrons. The maximum Gasteiger partial charge on any atom is 0.407 e. The number of halogens is 3. The smallest absolute Gasteiger partial charge is 0.407 e. The van der Waals surface area contributed by atoms with Gasteiger partial charge in [-0.05, 0) is 42.7 Å². The van der Waals surface area contributed by atoms with Crippen molar-refractivity contribution in [2.75, 3.05) is 38.1 Å². The summed E-state index contributed by atoms with van der Waals surface area (Å²) in [4.78, 5) is 33.6. The number of carboxylic acid groups (broad SMARTS) is 1. The Kier molecular flexibility index (Phi) is 6.79. The number of nitrogens with zero attached hydrogens (tertiary/aromatic N) is 3. The van der Waals surface area contributed by atoms with E-state index in [0.29, 0.717) is 43.1 Å². The number of likely N-dealkylation sites (N-methyl/N-ethyl adjacent to an activating group) is 1. The molecule has 33 heavy (non-hydrogen) atoms. The van der Waals surface area contributed by atoms with E-state index in [1.807, 2.05) is 6.07 Å². The molecule has 2 aliphatic rings. The van der Waals surface area contributed by atoms with Crippen LogP contribution in [-0.4, -0.2) is 65.6 Å². The fraction of sp³-hybridized carbons (Fsp3) is 0.435. The topological polar surface area (TPSA) is 85.8 Å². The Balaban J connectivity index is 1.60. The van der Waals surface area contributed by atoms with E-state index in [1.165, 1.54) is 19.2 Å². The highest BCUT2D eigenvalue weighted by Gasteiger charge is 2.56. The number of anilines is 1. The van der Waals surface area contributed by atoms with Crippen molar-refractivity contribution in [1.82, 2.24) is 15.2 Å². The minimum Gasteiger partial charge on any atom is -0.465 e. The van der Waals surface area contributed by atoms with Crippen LogP contribution in [0.15, 0.2) is 36.5 Å². The maximum atomic E-state index is 14.0. The predicted molar refractivity (Wildman–Crippen MR) is 125 cm³/mol. The first-order valence-electron chi connectivity index (χ1n) is 10.8. The van der Waals surface area contributed by atoms with E-state index in [1.54, 1.807) is 18.3 Å². The first-order valence-corrected chi connectivity index (χ1v) is 11.5. The highest BCUT2D eigenvalue weighted by molar-refractivity contribution is 6.31. The number of aromatic nitrogens is 1. The van der Waals surface area contributed by atoms with Crippen molar-refractivity contribution in [2.24, 2.45) is 5.92 Å². The molecule has 0 radical (unpaired) electrons. The first kappa shape index (κ1) is 23.7. The molecule has 2 N–H and O–H groups in total. The molecule has 0 saturated carbocycles. The summed E-state index contributed by atoms with van der Waals surface area (Å²) in [6, 6.07) is 7.94. The summed E-state index contributed by atoms with van der Waals surface area (Å²) in [7, 11) is 1.43. The third kappa shape index (κ3) is 4.39. The molecule has 2 fully saturated rings. The number of nitrogens with one attached hydrogen (secondary N) is 1. The summed E-state index contributed by atoms with van der Waals surface area (Å²) in [5, 5.41) is 13.6. The van der Waals surface area contributed by atoms with Crippen LogP contribution in [0.25, 0.3) is 0 Å². The van der Waals surface area contributed by atoms with Crippen LogP contribution in [-0.2, 0) is 4.79 Å². The summed E-state index contributed by atoms with van der Waals surface area (Å²) in [5.74, 6) is -0.678. The van der Waals surface area contributed by atoms with Crippen LogP contribution in [0.5, 0.6) is 0 Å². The van der Waals surface area contributed by atoms with Gasteiger partial charge in [0, 0.05) is 51.3 Å². The number of amides is 1. The van der Waals surface area contributed by atoms with Crippen molar-refractivity contribution in [3.63, 3.8) is 0 Å². The molecular formula is C23H25Cl2FN4O3. The molecular weight excluding hydrogens is 470 g/mol. The zero-order chi connectivity index (χ0) is 23.8. The third-order valence-electron chi connectivity index (χ3n) is 6.88. The highest BCUT2D eigenvalue weighted by atomic mass is 35.5. The summed E-state index contributed by atoms with van der Waals surface area (Å²) in [5.41, 5.74) is -0.672. The number of pyridine rings is 1. The number of benzene rings is 1. The van der Waals surface area contributed by atoms with E-state index < -0.39 is 23.4 Å². The number of carbonyl (C=O) groups excluding carboxylic acids is 1. The van der Waals surface area contributed by atoms with Crippen LogP contribution in [0.1, 0.15) is 24.3 Å². The van der Waals surface area contributed by atoms with Crippen molar-refractivity contribution in [1.29, 1.82) is 0 Å². The van der Waals surface area contributed by atoms with Gasteiger partial charge in [-0.15, -0.1) is 0 Å². The Morgan fingerprint density at radius 1 is 1.24 bits per heavy atom. The van der Waals surface area contributed by atoms with Crippen LogP contribution >= 0.6 is 23.2 Å². The second-order valence-electron chi connectivity index (χ2n) is 8.58. The number of rotatable bonds is 5. The highest BCUT2D eigenvalue weighted by Crippen LogP contribution is 2.41. The van der Waals surface area contributed by atoms with E-state index in [0.717, 1.165) is 10.7 Å². The van der Waals surface area contributed by atoms with Gasteiger partial charge in [-0.25, -0.2) is 14.2 Å². The molecule has 1 amide bonds. The van der Waals surface area contributed by atoms with E-state index in [-0.39, 0.29) is 23.3 Å². The van der Waals surface area contributed by atoms with Crippen molar-refractivity contribution in [3.8, 4) is 0 Å². The van der Waals surface area contributed by atoms with Crippen LogP contribution in [0.2, 0.25) is 10.0 Å². The molecule has 1 aromatic carbocycles. The van der Waals surface area contributed by atoms with E-state index in [9.17, 15) is 19.1 Å². The fourth-order valence-corrected chi connectivity index (χ4v) is 5.35. The quantitative estimate of drug-likeness (QED) is 0.651. The largest absolute Gasteiger partial charge is 0.465 e. The van der Waals surface area contributed by atoms with Gasteiger partial charge in [0.1, 0.15) is 17.2 Å². The first-order chi connectivity index (χ1) is 15.7. The zero-order valence-electron chi connectivity index (χ0n) is 18.1. The second-order valence-corrected chi connectivity index (χ2v) is 9.43. The molecule has 2 aromatic rings. The zero-order valence-corrected chi connectivity index (χ0v) is 19.6. The number of Topliss-reactive ketones (excluding diaryl/α,β-unsaturated/α-hetero) is 1. The Morgan fingerprint density at radius 3 is 2.58 bits per heavy atom. The minimum atomic E-state index is -1.31. The number of ketones is 1. The molecule has 2 atom stereocenters. The van der Waals surface area contributed by atoms with Crippen molar-refractivity contribution < 1.29 is 19.1 Å². The molecule has 7 nitrogen and oxygen atoms in total. The standard InChI is InChI=1S/C23H25Cl2FN4O3/c1-29(22(32)33)23(13-27-12-17(23)15-2-4-19(26)18(25)10-15)21(31)14-6-8-30(9-7-14)20-5-3-16(24)11-28-20/h2-5,10-11,14,17,27H,6-9,12-13H2,1H3,(H,32,33)/t17-,23+/m0/s1. The van der Waals surface area contributed by atoms with Crippen molar-refractivity contribution >= 4 is 40.9 Å². The Morgan fingerprint density at radius 2 is 1.97 bits per heavy atom. The minimum absolute atomic E-state index is 0.0532. The number of carbonyl (C=O) groups is 2. The molecule has 10 heteroatoms. The molecule has 0 unspecified atom stereocenters. The molecule has 4 rings (SSSR count). The van der Waals surface area contributed by atoms with Gasteiger partial charge >= 0.3 is 6.09 Å². The van der Waals surface area contributed by atoms with Gasteiger partial charge in [0.2, 0.25) is 0 Å². The van der Waals surface area contributed by atoms with Crippen molar-refractivity contribution in [2.45, 2.75) is 24.3 Å². The lowest BCUT2D eigenvalue weighted by molar-refractivity contribution is -0.134. The van der Waals surface area contributed by atoms with Gasteiger partial charge in [-0.3, -0.25) is 9.69 Å². The van der Waals surface area contributed by atoms with Gasteiger partial charge in [0.15, 0.2) is 5.78 Å². The molecule has 0 bridgehead atoms. The van der Waals surface area contributed by atoms with Gasteiger partial charge in [0.05, 0.1) is 10.0 Å². The molecule has 0 aliphatic carbocycles. The average Bonchev–Trinajstić information content (AvgIpc) is 3.26. The average molecular weight is 495 g/mol. The number of hydrogen-bond donors (Lipinski definition) is 2. The SMILES string of the molecule is CN(C(=O)O)[C@]1(C(=O)C2CCN(c3ccc(Cl)cn3)CC2)CNC[C@H]1c1ccc(F)c(Cl)c1. The van der Waals surface area contributed by atoms with Gasteiger partial charge < -0.3 is 15.3 Å². The summed E-state index contributed by atoms with van der Waals surface area (Å²) in [6.45, 7) is 1.82. The monoisotopic (exact) mass is 494 g/mol. The Labute approximate surface area is 201 Å². The molecule has 0 spiro atoms. The van der Waals surface area contributed by atoms with E-state index in [2.05, 4.69) is 15.2 Å². The number of hydrogen-bond acceptors (Lipinski definition) is 5. The Hall–Kier alpha value is -2.42. The lowest BCUT2D eigenvalue weighted by Gasteiger charge is -2.43. The van der Waals surface area contributed by atoms with E-state index in [4.69, 9.17) is 23.2 Å². The van der Waals surface area contributed by atoms with Crippen molar-refractivity contribution in [3.05, 3.63) is 58.0 Å². The summed E-state index contributed by atoms with van der Waals surface area (Å²) in [6.07, 6.45) is 1.56. The van der Waals surface area contributed by atoms with Gasteiger partial charge in [0.25, 0.3) is 0 Å². The molecule has 2 aliphatic heterocycles. The molecule has 1 aromatic heterocycles. The van der Waals surface area contributed by atoms with Crippen LogP contribution in [0.4, 0.5) is 15.0 Å². The predicted octanol–water partition coefficient (Wildman–Crippen LogP) is 4.05. The van der Waals surface area contributed by atoms with Gasteiger partial charge in [-0.2, -0.15) is 0 Å². The fourth-order valence-electron chi connectivity index (χ4n) is 5.05. The van der Waals surface area contributed by atoms with Crippen LogP contribution in [0.3, 0.4) is 0 Å².